The first-order valence-corrected chi connectivity index (χ1v) is 8.00. The van der Waals surface area contributed by atoms with Crippen LogP contribution in [0.3, 0.4) is 0 Å². The number of piperidine rings is 1. The molecule has 0 unspecified atom stereocenters. The summed E-state index contributed by atoms with van der Waals surface area (Å²) in [5, 5.41) is 14.2. The quantitative estimate of drug-likeness (QED) is 0.939. The number of hydrogen-bond donors (Lipinski definition) is 1. The van der Waals surface area contributed by atoms with E-state index < -0.39 is 0 Å². The number of thiophene rings is 1. The molecule has 0 amide bonds. The smallest absolute Gasteiger partial charge is 0.151 e. The van der Waals surface area contributed by atoms with E-state index in [1.54, 1.807) is 0 Å². The zero-order chi connectivity index (χ0) is 13.8. The van der Waals surface area contributed by atoms with Gasteiger partial charge < -0.3 is 10.2 Å². The molecule has 1 N–H and O–H groups in total. The second kappa shape index (κ2) is 6.33. The van der Waals surface area contributed by atoms with Gasteiger partial charge in [-0.3, -0.25) is 0 Å². The van der Waals surface area contributed by atoms with Gasteiger partial charge in [0.1, 0.15) is 0 Å². The summed E-state index contributed by atoms with van der Waals surface area (Å²) in [6.45, 7) is 5.03. The molecule has 2 aromatic rings. The van der Waals surface area contributed by atoms with Gasteiger partial charge in [0.2, 0.25) is 0 Å². The molecule has 0 bridgehead atoms. The average molecular weight is 288 g/mol. The van der Waals surface area contributed by atoms with Crippen molar-refractivity contribution in [3.8, 4) is 0 Å². The second-order valence-electron chi connectivity index (χ2n) is 5.28. The van der Waals surface area contributed by atoms with E-state index >= 15 is 0 Å². The van der Waals surface area contributed by atoms with E-state index in [0.29, 0.717) is 6.04 Å². The van der Waals surface area contributed by atoms with Gasteiger partial charge in [-0.05, 0) is 43.3 Å². The zero-order valence-electron chi connectivity index (χ0n) is 11.7. The van der Waals surface area contributed by atoms with Crippen LogP contribution in [0.2, 0.25) is 0 Å². The van der Waals surface area contributed by atoms with Gasteiger partial charge in [-0.1, -0.05) is 6.07 Å². The third-order valence-corrected chi connectivity index (χ3v) is 4.55. The van der Waals surface area contributed by atoms with Crippen LogP contribution in [-0.2, 0) is 6.54 Å². The van der Waals surface area contributed by atoms with Crippen LogP contribution in [0.1, 0.15) is 23.4 Å². The molecule has 0 radical (unpaired) electrons. The molecule has 20 heavy (non-hydrogen) atoms. The molecular weight excluding hydrogens is 268 g/mol. The lowest BCUT2D eigenvalue weighted by Gasteiger charge is -2.33. The molecule has 106 valence electrons. The van der Waals surface area contributed by atoms with Gasteiger partial charge in [-0.2, -0.15) is 5.10 Å². The fourth-order valence-corrected chi connectivity index (χ4v) is 3.23. The normalized spacial score (nSPS) is 19.2. The zero-order valence-corrected chi connectivity index (χ0v) is 12.6. The average Bonchev–Trinajstić information content (AvgIpc) is 3.00. The van der Waals surface area contributed by atoms with Gasteiger partial charge in [-0.25, -0.2) is 0 Å². The number of rotatable bonds is 4. The first kappa shape index (κ1) is 13.5. The molecule has 2 aromatic heterocycles. The number of anilines is 1. The number of aryl methyl sites for hydroxylation is 1. The third-order valence-electron chi connectivity index (χ3n) is 3.67. The first-order chi connectivity index (χ1) is 9.81. The highest BCUT2D eigenvalue weighted by Gasteiger charge is 2.20. The lowest BCUT2D eigenvalue weighted by molar-refractivity contribution is 0.420. The first-order valence-electron chi connectivity index (χ1n) is 7.12. The number of nitrogens with zero attached hydrogens (tertiary/aromatic N) is 3. The number of hydrogen-bond acceptors (Lipinski definition) is 5. The Morgan fingerprint density at radius 3 is 3.05 bits per heavy atom. The molecule has 1 atom stereocenters. The fourth-order valence-electron chi connectivity index (χ4n) is 2.57. The van der Waals surface area contributed by atoms with Crippen LogP contribution in [0.15, 0.2) is 29.6 Å². The van der Waals surface area contributed by atoms with E-state index in [1.807, 2.05) is 24.3 Å². The van der Waals surface area contributed by atoms with Crippen LogP contribution in [0.25, 0.3) is 0 Å². The SMILES string of the molecule is Cc1ccc(N2CCC[C@@H](NCc3cccs3)C2)nn1. The minimum atomic E-state index is 0.536. The highest BCUT2D eigenvalue weighted by molar-refractivity contribution is 7.09. The molecule has 0 saturated carbocycles. The van der Waals surface area contributed by atoms with E-state index in [0.717, 1.165) is 31.1 Å². The number of aromatic nitrogens is 2. The van der Waals surface area contributed by atoms with Gasteiger partial charge in [0, 0.05) is 30.6 Å². The summed E-state index contributed by atoms with van der Waals surface area (Å²) in [6.07, 6.45) is 2.44. The predicted octanol–water partition coefficient (Wildman–Crippen LogP) is 2.61. The Morgan fingerprint density at radius 2 is 2.30 bits per heavy atom. The minimum absolute atomic E-state index is 0.536. The van der Waals surface area contributed by atoms with Crippen molar-refractivity contribution in [3.05, 3.63) is 40.2 Å². The monoisotopic (exact) mass is 288 g/mol. The van der Waals surface area contributed by atoms with Crippen molar-refractivity contribution in [3.63, 3.8) is 0 Å². The summed E-state index contributed by atoms with van der Waals surface area (Å²) in [4.78, 5) is 3.74. The van der Waals surface area contributed by atoms with Crippen molar-refractivity contribution >= 4 is 17.2 Å². The minimum Gasteiger partial charge on any atom is -0.354 e. The Hall–Kier alpha value is -1.46. The largest absolute Gasteiger partial charge is 0.354 e. The van der Waals surface area contributed by atoms with Gasteiger partial charge in [0.15, 0.2) is 5.82 Å². The van der Waals surface area contributed by atoms with Crippen molar-refractivity contribution in [2.75, 3.05) is 18.0 Å². The standard InChI is InChI=1S/C15H20N4S/c1-12-6-7-15(18-17-12)19-8-2-4-13(11-19)16-10-14-5-3-9-20-14/h3,5-7,9,13,16H,2,4,8,10-11H2,1H3/t13-/m1/s1. The topological polar surface area (TPSA) is 41.0 Å². The maximum Gasteiger partial charge on any atom is 0.151 e. The Labute approximate surface area is 123 Å². The summed E-state index contributed by atoms with van der Waals surface area (Å²) in [5.41, 5.74) is 0.970. The second-order valence-corrected chi connectivity index (χ2v) is 6.31. The summed E-state index contributed by atoms with van der Waals surface area (Å²) in [6, 6.07) is 8.93. The highest BCUT2D eigenvalue weighted by Crippen LogP contribution is 2.18. The molecule has 1 fully saturated rings. The van der Waals surface area contributed by atoms with Gasteiger partial charge in [0.25, 0.3) is 0 Å². The summed E-state index contributed by atoms with van der Waals surface area (Å²) >= 11 is 1.81. The molecule has 0 aliphatic carbocycles. The maximum absolute atomic E-state index is 4.30. The van der Waals surface area contributed by atoms with Crippen molar-refractivity contribution in [1.82, 2.24) is 15.5 Å². The van der Waals surface area contributed by atoms with Crippen LogP contribution >= 0.6 is 11.3 Å². The molecule has 3 rings (SSSR count). The maximum atomic E-state index is 4.30. The van der Waals surface area contributed by atoms with Crippen LogP contribution in [0.4, 0.5) is 5.82 Å². The van der Waals surface area contributed by atoms with E-state index in [1.165, 1.54) is 17.7 Å². The number of nitrogens with one attached hydrogen (secondary N) is 1. The lowest BCUT2D eigenvalue weighted by atomic mass is 10.1. The van der Waals surface area contributed by atoms with Gasteiger partial charge in [0.05, 0.1) is 5.69 Å². The Balaban J connectivity index is 1.57. The molecule has 0 aromatic carbocycles. The van der Waals surface area contributed by atoms with Crippen LogP contribution in [0.5, 0.6) is 0 Å². The highest BCUT2D eigenvalue weighted by atomic mass is 32.1. The molecule has 4 nitrogen and oxygen atoms in total. The van der Waals surface area contributed by atoms with Crippen LogP contribution < -0.4 is 10.2 Å². The summed E-state index contributed by atoms with van der Waals surface area (Å²) < 4.78 is 0. The van der Waals surface area contributed by atoms with Crippen molar-refractivity contribution in [2.24, 2.45) is 0 Å². The molecular formula is C15H20N4S. The lowest BCUT2D eigenvalue weighted by Crippen LogP contribution is -2.45. The molecule has 1 aliphatic rings. The van der Waals surface area contributed by atoms with Gasteiger partial charge in [-0.15, -0.1) is 16.4 Å². The van der Waals surface area contributed by atoms with Gasteiger partial charge >= 0.3 is 0 Å². The molecule has 1 aliphatic heterocycles. The van der Waals surface area contributed by atoms with Crippen molar-refractivity contribution in [2.45, 2.75) is 32.4 Å². The van der Waals surface area contributed by atoms with Crippen LogP contribution in [0, 0.1) is 6.92 Å². The third kappa shape index (κ3) is 3.35. The Bertz CT molecular complexity index is 523. The van der Waals surface area contributed by atoms with E-state index in [4.69, 9.17) is 0 Å². The Kier molecular flexibility index (Phi) is 4.28. The van der Waals surface area contributed by atoms with E-state index in [-0.39, 0.29) is 0 Å². The summed E-state index contributed by atoms with van der Waals surface area (Å²) in [5.74, 6) is 0.998. The predicted molar refractivity (Wildman–Crippen MR) is 83.2 cm³/mol. The fraction of sp³-hybridized carbons (Fsp3) is 0.467. The summed E-state index contributed by atoms with van der Waals surface area (Å²) in [7, 11) is 0. The molecule has 1 saturated heterocycles. The molecule has 0 spiro atoms. The van der Waals surface area contributed by atoms with Crippen LogP contribution in [-0.4, -0.2) is 29.3 Å². The van der Waals surface area contributed by atoms with E-state index in [9.17, 15) is 0 Å². The molecule has 5 heteroatoms. The van der Waals surface area contributed by atoms with Crippen molar-refractivity contribution < 1.29 is 0 Å². The Morgan fingerprint density at radius 1 is 1.35 bits per heavy atom. The van der Waals surface area contributed by atoms with Crippen molar-refractivity contribution in [1.29, 1.82) is 0 Å². The van der Waals surface area contributed by atoms with E-state index in [2.05, 4.69) is 44.0 Å². The molecule has 3 heterocycles.